The second kappa shape index (κ2) is 7.16. The maximum absolute atomic E-state index is 13.9. The molecule has 0 saturated heterocycles. The third kappa shape index (κ3) is 4.75. The van der Waals surface area contributed by atoms with Gasteiger partial charge in [0.1, 0.15) is 17.5 Å². The van der Waals surface area contributed by atoms with E-state index in [1.54, 1.807) is 6.92 Å². The van der Waals surface area contributed by atoms with Gasteiger partial charge in [-0.05, 0) is 52.2 Å². The molecule has 4 N–H and O–H groups in total. The summed E-state index contributed by atoms with van der Waals surface area (Å²) in [6.45, 7) is 2.22. The van der Waals surface area contributed by atoms with Crippen LogP contribution in [0.4, 0.5) is 8.78 Å². The van der Waals surface area contributed by atoms with Gasteiger partial charge < -0.3 is 10.6 Å². The Bertz CT molecular complexity index is 472. The summed E-state index contributed by atoms with van der Waals surface area (Å²) in [5, 5.41) is 4.98. The standard InChI is InChI=1S/C13H21F2N5/c1-9(16)18-20(17)13(6-7-19(2)3)11-8-10(14)4-5-12(11)15/h4-5,8,13H,6-7,17H2,1-3H3,(H2,16,18). The van der Waals surface area contributed by atoms with Gasteiger partial charge in [-0.1, -0.05) is 0 Å². The summed E-state index contributed by atoms with van der Waals surface area (Å²) in [5.74, 6) is 5.03. The minimum absolute atomic E-state index is 0.166. The zero-order valence-electron chi connectivity index (χ0n) is 12.0. The number of hydrogen-bond acceptors (Lipinski definition) is 4. The van der Waals surface area contributed by atoms with Crippen LogP contribution in [0, 0.1) is 11.6 Å². The molecule has 5 nitrogen and oxygen atoms in total. The van der Waals surface area contributed by atoms with Crippen LogP contribution in [0.5, 0.6) is 0 Å². The number of rotatable bonds is 6. The third-order valence-corrected chi connectivity index (χ3v) is 2.76. The molecule has 1 atom stereocenters. The summed E-state index contributed by atoms with van der Waals surface area (Å²) in [6, 6.07) is 2.70. The highest BCUT2D eigenvalue weighted by Gasteiger charge is 2.21. The van der Waals surface area contributed by atoms with Crippen LogP contribution < -0.4 is 11.6 Å². The number of hydrazine groups is 1. The van der Waals surface area contributed by atoms with Gasteiger partial charge in [0.05, 0.1) is 6.04 Å². The number of nitrogens with zero attached hydrogens (tertiary/aromatic N) is 3. The molecule has 0 heterocycles. The van der Waals surface area contributed by atoms with Crippen molar-refractivity contribution in [2.45, 2.75) is 19.4 Å². The Morgan fingerprint density at radius 2 is 2.00 bits per heavy atom. The van der Waals surface area contributed by atoms with E-state index in [9.17, 15) is 8.78 Å². The van der Waals surface area contributed by atoms with Gasteiger partial charge in [-0.3, -0.25) is 0 Å². The topological polar surface area (TPSA) is 70.9 Å². The van der Waals surface area contributed by atoms with Crippen molar-refractivity contribution < 1.29 is 8.78 Å². The molecule has 20 heavy (non-hydrogen) atoms. The smallest absolute Gasteiger partial charge is 0.128 e. The fraction of sp³-hybridized carbons (Fsp3) is 0.462. The van der Waals surface area contributed by atoms with Crippen LogP contribution in [0.2, 0.25) is 0 Å². The number of halogens is 2. The SMILES string of the molecule is C/C(N)=N/N(N)C(CCN(C)C)c1cc(F)ccc1F. The second-order valence-corrected chi connectivity index (χ2v) is 4.89. The molecule has 1 aromatic rings. The first kappa shape index (κ1) is 16.3. The highest BCUT2D eigenvalue weighted by atomic mass is 19.1. The molecule has 0 amide bonds. The first-order chi connectivity index (χ1) is 9.31. The number of amidine groups is 1. The van der Waals surface area contributed by atoms with Gasteiger partial charge in [-0.25, -0.2) is 19.7 Å². The molecule has 0 saturated carbocycles. The number of benzene rings is 1. The summed E-state index contributed by atoms with van der Waals surface area (Å²) in [7, 11) is 3.77. The zero-order valence-corrected chi connectivity index (χ0v) is 12.0. The van der Waals surface area contributed by atoms with Crippen molar-refractivity contribution in [2.75, 3.05) is 20.6 Å². The predicted octanol–water partition coefficient (Wildman–Crippen LogP) is 1.43. The van der Waals surface area contributed by atoms with Crippen LogP contribution in [0.1, 0.15) is 24.9 Å². The lowest BCUT2D eigenvalue weighted by Crippen LogP contribution is -2.35. The van der Waals surface area contributed by atoms with Gasteiger partial charge in [0.25, 0.3) is 0 Å². The fourth-order valence-electron chi connectivity index (χ4n) is 1.83. The average Bonchev–Trinajstić information content (AvgIpc) is 2.32. The molecule has 1 rings (SSSR count). The van der Waals surface area contributed by atoms with Crippen molar-refractivity contribution >= 4 is 5.84 Å². The summed E-state index contributed by atoms with van der Waals surface area (Å²) in [6.07, 6.45) is 0.487. The second-order valence-electron chi connectivity index (χ2n) is 4.89. The molecule has 1 aromatic carbocycles. The Morgan fingerprint density at radius 3 is 2.55 bits per heavy atom. The van der Waals surface area contributed by atoms with E-state index in [0.717, 1.165) is 23.3 Å². The number of hydrazone groups is 1. The van der Waals surface area contributed by atoms with Crippen molar-refractivity contribution in [3.05, 3.63) is 35.4 Å². The van der Waals surface area contributed by atoms with E-state index in [1.165, 1.54) is 0 Å². The monoisotopic (exact) mass is 285 g/mol. The van der Waals surface area contributed by atoms with E-state index in [2.05, 4.69) is 5.10 Å². The van der Waals surface area contributed by atoms with E-state index in [1.807, 2.05) is 19.0 Å². The minimum Gasteiger partial charge on any atom is -0.386 e. The molecule has 0 aliphatic heterocycles. The Labute approximate surface area is 117 Å². The molecule has 0 aliphatic rings. The lowest BCUT2D eigenvalue weighted by atomic mass is 10.0. The predicted molar refractivity (Wildman–Crippen MR) is 75.6 cm³/mol. The first-order valence-electron chi connectivity index (χ1n) is 6.25. The maximum atomic E-state index is 13.9. The Hall–Kier alpha value is -1.73. The minimum atomic E-state index is -0.591. The van der Waals surface area contributed by atoms with Gasteiger partial charge in [0.2, 0.25) is 0 Å². The molecule has 0 bridgehead atoms. The van der Waals surface area contributed by atoms with Crippen LogP contribution in [0.15, 0.2) is 23.3 Å². The van der Waals surface area contributed by atoms with Crippen molar-refractivity contribution in [2.24, 2.45) is 16.7 Å². The quantitative estimate of drug-likeness (QED) is 0.359. The summed E-state index contributed by atoms with van der Waals surface area (Å²) >= 11 is 0. The first-order valence-corrected chi connectivity index (χ1v) is 6.25. The third-order valence-electron chi connectivity index (χ3n) is 2.76. The molecule has 7 heteroatoms. The van der Waals surface area contributed by atoms with Crippen molar-refractivity contribution in [1.82, 2.24) is 10.0 Å². The zero-order chi connectivity index (χ0) is 15.3. The molecule has 0 aromatic heterocycles. The van der Waals surface area contributed by atoms with Crippen molar-refractivity contribution in [1.29, 1.82) is 0 Å². The number of nitrogens with two attached hydrogens (primary N) is 2. The van der Waals surface area contributed by atoms with Crippen LogP contribution in [0.3, 0.4) is 0 Å². The molecular weight excluding hydrogens is 264 g/mol. The van der Waals surface area contributed by atoms with Gasteiger partial charge in [0.15, 0.2) is 0 Å². The molecule has 0 spiro atoms. The Morgan fingerprint density at radius 1 is 1.35 bits per heavy atom. The van der Waals surface area contributed by atoms with E-state index in [-0.39, 0.29) is 11.4 Å². The highest BCUT2D eigenvalue weighted by molar-refractivity contribution is 5.77. The van der Waals surface area contributed by atoms with Crippen LogP contribution in [-0.2, 0) is 0 Å². The van der Waals surface area contributed by atoms with Crippen LogP contribution in [0.25, 0.3) is 0 Å². The maximum Gasteiger partial charge on any atom is 0.128 e. The van der Waals surface area contributed by atoms with E-state index in [4.69, 9.17) is 11.6 Å². The lowest BCUT2D eigenvalue weighted by Gasteiger charge is -2.27. The van der Waals surface area contributed by atoms with Gasteiger partial charge in [-0.2, -0.15) is 0 Å². The number of hydrogen-bond donors (Lipinski definition) is 2. The normalized spacial score (nSPS) is 13.7. The molecular formula is C13H21F2N5. The Kier molecular flexibility index (Phi) is 5.84. The van der Waals surface area contributed by atoms with E-state index < -0.39 is 17.7 Å². The highest BCUT2D eigenvalue weighted by Crippen LogP contribution is 2.26. The van der Waals surface area contributed by atoms with Crippen LogP contribution in [-0.4, -0.2) is 36.5 Å². The average molecular weight is 285 g/mol. The molecule has 0 aliphatic carbocycles. The molecule has 112 valence electrons. The molecule has 0 fully saturated rings. The van der Waals surface area contributed by atoms with Crippen LogP contribution >= 0.6 is 0 Å². The van der Waals surface area contributed by atoms with Crippen molar-refractivity contribution in [3.63, 3.8) is 0 Å². The Balaban J connectivity index is 3.08. The largest absolute Gasteiger partial charge is 0.386 e. The van der Waals surface area contributed by atoms with Gasteiger partial charge in [-0.15, -0.1) is 5.10 Å². The van der Waals surface area contributed by atoms with Gasteiger partial charge in [0, 0.05) is 5.56 Å². The fourth-order valence-corrected chi connectivity index (χ4v) is 1.83. The molecule has 0 radical (unpaired) electrons. The molecule has 1 unspecified atom stereocenters. The van der Waals surface area contributed by atoms with E-state index in [0.29, 0.717) is 13.0 Å². The lowest BCUT2D eigenvalue weighted by molar-refractivity contribution is 0.182. The summed E-state index contributed by atoms with van der Waals surface area (Å²) in [4.78, 5) is 1.93. The van der Waals surface area contributed by atoms with Crippen molar-refractivity contribution in [3.8, 4) is 0 Å². The van der Waals surface area contributed by atoms with Gasteiger partial charge >= 0.3 is 0 Å². The summed E-state index contributed by atoms with van der Waals surface area (Å²) in [5.41, 5.74) is 5.65. The summed E-state index contributed by atoms with van der Waals surface area (Å²) < 4.78 is 27.2. The van der Waals surface area contributed by atoms with E-state index >= 15 is 0 Å².